The minimum atomic E-state index is -0.377. The number of hydrogen-bond acceptors (Lipinski definition) is 4. The Labute approximate surface area is 128 Å². The maximum Gasteiger partial charge on any atom is 0.239 e. The summed E-state index contributed by atoms with van der Waals surface area (Å²) in [7, 11) is 0. The second kappa shape index (κ2) is 8.11. The number of nitrogens with zero attached hydrogens (tertiary/aromatic N) is 1. The molecular formula is C16H30N2O3. The van der Waals surface area contributed by atoms with E-state index in [0.29, 0.717) is 6.61 Å². The Bertz CT molecular complexity index is 321. The van der Waals surface area contributed by atoms with Crippen molar-refractivity contribution in [1.29, 1.82) is 0 Å². The molecule has 0 aromatic carbocycles. The van der Waals surface area contributed by atoms with Crippen LogP contribution in [0.5, 0.6) is 0 Å². The molecule has 0 bridgehead atoms. The number of likely N-dealkylation sites (tertiary alicyclic amines) is 1. The van der Waals surface area contributed by atoms with Gasteiger partial charge in [0.1, 0.15) is 0 Å². The van der Waals surface area contributed by atoms with Crippen molar-refractivity contribution < 1.29 is 14.3 Å². The fourth-order valence-electron chi connectivity index (χ4n) is 2.92. The second-order valence-electron chi connectivity index (χ2n) is 6.62. The number of amides is 1. The molecule has 1 amide bonds. The Hall–Kier alpha value is -0.650. The predicted molar refractivity (Wildman–Crippen MR) is 82.0 cm³/mol. The molecule has 122 valence electrons. The van der Waals surface area contributed by atoms with Crippen molar-refractivity contribution >= 4 is 5.91 Å². The SMILES string of the molecule is CC(C)[C@H](N)C(=O)N1CCC(OCC2CCCCO2)CC1. The molecule has 1 unspecified atom stereocenters. The molecule has 0 spiro atoms. The maximum absolute atomic E-state index is 12.2. The van der Waals surface area contributed by atoms with Crippen LogP contribution < -0.4 is 5.73 Å². The van der Waals surface area contributed by atoms with Gasteiger partial charge in [-0.05, 0) is 38.0 Å². The van der Waals surface area contributed by atoms with Crippen LogP contribution in [-0.4, -0.2) is 55.4 Å². The van der Waals surface area contributed by atoms with Crippen molar-refractivity contribution in [3.8, 4) is 0 Å². The number of ether oxygens (including phenoxy) is 2. The highest BCUT2D eigenvalue weighted by Gasteiger charge is 2.28. The molecule has 0 saturated carbocycles. The van der Waals surface area contributed by atoms with Gasteiger partial charge in [-0.1, -0.05) is 13.8 Å². The molecule has 2 rings (SSSR count). The molecule has 2 atom stereocenters. The highest BCUT2D eigenvalue weighted by molar-refractivity contribution is 5.82. The van der Waals surface area contributed by atoms with Crippen molar-refractivity contribution in [1.82, 2.24) is 4.90 Å². The van der Waals surface area contributed by atoms with Gasteiger partial charge in [-0.2, -0.15) is 0 Å². The van der Waals surface area contributed by atoms with Crippen molar-refractivity contribution in [3.05, 3.63) is 0 Å². The summed E-state index contributed by atoms with van der Waals surface area (Å²) in [6.45, 7) is 7.06. The first-order chi connectivity index (χ1) is 10.1. The lowest BCUT2D eigenvalue weighted by Crippen LogP contribution is -2.50. The molecule has 0 aromatic rings. The van der Waals surface area contributed by atoms with Crippen molar-refractivity contribution in [3.63, 3.8) is 0 Å². The van der Waals surface area contributed by atoms with Gasteiger partial charge in [0.15, 0.2) is 0 Å². The monoisotopic (exact) mass is 298 g/mol. The van der Waals surface area contributed by atoms with Gasteiger partial charge in [-0.25, -0.2) is 0 Å². The van der Waals surface area contributed by atoms with E-state index in [-0.39, 0.29) is 30.1 Å². The zero-order valence-corrected chi connectivity index (χ0v) is 13.4. The van der Waals surface area contributed by atoms with Crippen LogP contribution in [0.15, 0.2) is 0 Å². The summed E-state index contributed by atoms with van der Waals surface area (Å²) in [5.74, 6) is 0.272. The Morgan fingerprint density at radius 1 is 1.29 bits per heavy atom. The molecule has 2 fully saturated rings. The van der Waals surface area contributed by atoms with E-state index in [1.807, 2.05) is 18.7 Å². The minimum Gasteiger partial charge on any atom is -0.376 e. The first kappa shape index (κ1) is 16.7. The highest BCUT2D eigenvalue weighted by Crippen LogP contribution is 2.18. The van der Waals surface area contributed by atoms with Gasteiger partial charge in [0.05, 0.1) is 24.9 Å². The third-order valence-electron chi connectivity index (χ3n) is 4.55. The van der Waals surface area contributed by atoms with Gasteiger partial charge in [-0.3, -0.25) is 4.79 Å². The number of carbonyl (C=O) groups excluding carboxylic acids is 1. The van der Waals surface area contributed by atoms with Crippen LogP contribution in [0.1, 0.15) is 46.0 Å². The quantitative estimate of drug-likeness (QED) is 0.836. The van der Waals surface area contributed by atoms with Crippen molar-refractivity contribution in [2.45, 2.75) is 64.2 Å². The molecule has 2 aliphatic rings. The molecule has 21 heavy (non-hydrogen) atoms. The van der Waals surface area contributed by atoms with E-state index in [1.54, 1.807) is 0 Å². The highest BCUT2D eigenvalue weighted by atomic mass is 16.5. The summed E-state index contributed by atoms with van der Waals surface area (Å²) in [6.07, 6.45) is 5.87. The lowest BCUT2D eigenvalue weighted by atomic mass is 10.0. The smallest absolute Gasteiger partial charge is 0.239 e. The van der Waals surface area contributed by atoms with Crippen LogP contribution in [0.25, 0.3) is 0 Å². The number of carbonyl (C=O) groups is 1. The molecule has 2 aliphatic heterocycles. The first-order valence-electron chi connectivity index (χ1n) is 8.35. The van der Waals surface area contributed by atoms with Crippen LogP contribution in [0, 0.1) is 5.92 Å². The Morgan fingerprint density at radius 2 is 2.00 bits per heavy atom. The molecule has 5 heteroatoms. The summed E-state index contributed by atoms with van der Waals surface area (Å²) in [5, 5.41) is 0. The molecule has 2 heterocycles. The molecule has 0 radical (unpaired) electrons. The van der Waals surface area contributed by atoms with Gasteiger partial charge >= 0.3 is 0 Å². The largest absolute Gasteiger partial charge is 0.376 e. The normalized spacial score (nSPS) is 26.1. The predicted octanol–water partition coefficient (Wildman–Crippen LogP) is 1.55. The number of hydrogen-bond donors (Lipinski definition) is 1. The van der Waals surface area contributed by atoms with E-state index < -0.39 is 0 Å². The fourth-order valence-corrected chi connectivity index (χ4v) is 2.92. The van der Waals surface area contributed by atoms with Crippen LogP contribution in [0.2, 0.25) is 0 Å². The van der Waals surface area contributed by atoms with Gasteiger partial charge in [-0.15, -0.1) is 0 Å². The molecule has 2 saturated heterocycles. The fraction of sp³-hybridized carbons (Fsp3) is 0.938. The summed E-state index contributed by atoms with van der Waals surface area (Å²) < 4.78 is 11.6. The van der Waals surface area contributed by atoms with E-state index in [1.165, 1.54) is 12.8 Å². The third kappa shape index (κ3) is 4.94. The molecule has 0 aliphatic carbocycles. The van der Waals surface area contributed by atoms with E-state index in [2.05, 4.69) is 0 Å². The zero-order chi connectivity index (χ0) is 15.2. The topological polar surface area (TPSA) is 64.8 Å². The summed E-state index contributed by atoms with van der Waals surface area (Å²) in [4.78, 5) is 14.1. The van der Waals surface area contributed by atoms with Crippen LogP contribution in [-0.2, 0) is 14.3 Å². The van der Waals surface area contributed by atoms with E-state index in [0.717, 1.165) is 39.0 Å². The van der Waals surface area contributed by atoms with Crippen LogP contribution in [0.4, 0.5) is 0 Å². The lowest BCUT2D eigenvalue weighted by Gasteiger charge is -2.35. The standard InChI is InChI=1S/C16H30N2O3/c1-12(2)15(17)16(19)18-8-6-13(7-9-18)21-11-14-5-3-4-10-20-14/h12-15H,3-11,17H2,1-2H3/t14?,15-/m0/s1. The Balaban J connectivity index is 1.67. The maximum atomic E-state index is 12.2. The zero-order valence-electron chi connectivity index (χ0n) is 13.4. The lowest BCUT2D eigenvalue weighted by molar-refractivity contribution is -0.137. The van der Waals surface area contributed by atoms with Crippen LogP contribution >= 0.6 is 0 Å². The Morgan fingerprint density at radius 3 is 2.57 bits per heavy atom. The average molecular weight is 298 g/mol. The summed E-state index contributed by atoms with van der Waals surface area (Å²) in [6, 6.07) is -0.377. The second-order valence-corrected chi connectivity index (χ2v) is 6.62. The van der Waals surface area contributed by atoms with E-state index in [9.17, 15) is 4.79 Å². The molecule has 2 N–H and O–H groups in total. The number of nitrogens with two attached hydrogens (primary N) is 1. The van der Waals surface area contributed by atoms with Crippen molar-refractivity contribution in [2.75, 3.05) is 26.3 Å². The average Bonchev–Trinajstić information content (AvgIpc) is 2.53. The minimum absolute atomic E-state index is 0.0825. The van der Waals surface area contributed by atoms with Gasteiger partial charge in [0.2, 0.25) is 5.91 Å². The number of piperidine rings is 1. The van der Waals surface area contributed by atoms with Crippen molar-refractivity contribution in [2.24, 2.45) is 11.7 Å². The van der Waals surface area contributed by atoms with E-state index >= 15 is 0 Å². The third-order valence-corrected chi connectivity index (χ3v) is 4.55. The first-order valence-corrected chi connectivity index (χ1v) is 8.35. The number of rotatable bonds is 5. The van der Waals surface area contributed by atoms with Gasteiger partial charge in [0.25, 0.3) is 0 Å². The van der Waals surface area contributed by atoms with Gasteiger partial charge < -0.3 is 20.1 Å². The van der Waals surface area contributed by atoms with E-state index in [4.69, 9.17) is 15.2 Å². The molecule has 5 nitrogen and oxygen atoms in total. The van der Waals surface area contributed by atoms with Gasteiger partial charge in [0, 0.05) is 19.7 Å². The summed E-state index contributed by atoms with van der Waals surface area (Å²) >= 11 is 0. The molecular weight excluding hydrogens is 268 g/mol. The Kier molecular flexibility index (Phi) is 6.45. The van der Waals surface area contributed by atoms with Crippen LogP contribution in [0.3, 0.4) is 0 Å². The molecule has 0 aromatic heterocycles. The summed E-state index contributed by atoms with van der Waals surface area (Å²) in [5.41, 5.74) is 5.94.